The first-order chi connectivity index (χ1) is 30.2. The molecule has 0 aliphatic heterocycles. The number of fused-ring (bicyclic) bond motifs is 13. The topological polar surface area (TPSA) is 25.8 Å². The van der Waals surface area contributed by atoms with Crippen LogP contribution < -0.4 is 0 Å². The molecule has 0 unspecified atom stereocenters. The van der Waals surface area contributed by atoms with Gasteiger partial charge >= 0.3 is 0 Å². The fraction of sp³-hybridized carbons (Fsp3) is 0.207. The third kappa shape index (κ3) is 5.32. The Morgan fingerprint density at radius 2 is 0.934 bits per heavy atom. The second-order valence-electron chi connectivity index (χ2n) is 18.2. The quantitative estimate of drug-likeness (QED) is 0.177. The molecule has 2 nitrogen and oxygen atoms in total. The van der Waals surface area contributed by atoms with E-state index < -0.39 is 0 Å². The number of thiophene rings is 1. The molecule has 2 spiro atoms. The van der Waals surface area contributed by atoms with E-state index >= 15 is 0 Å². The van der Waals surface area contributed by atoms with E-state index in [1.807, 2.05) is 17.4 Å². The zero-order valence-electron chi connectivity index (χ0n) is 34.4. The summed E-state index contributed by atoms with van der Waals surface area (Å²) < 4.78 is 2.57. The van der Waals surface area contributed by atoms with E-state index in [9.17, 15) is 0 Å². The minimum Gasteiger partial charge on any atom is -0.228 e. The normalized spacial score (nSPS) is 16.8. The van der Waals surface area contributed by atoms with E-state index in [4.69, 9.17) is 9.97 Å². The summed E-state index contributed by atoms with van der Waals surface area (Å²) in [5.74, 6) is 0.745. The van der Waals surface area contributed by atoms with Crippen LogP contribution in [0.5, 0.6) is 0 Å². The minimum atomic E-state index is 0.0774. The van der Waals surface area contributed by atoms with Gasteiger partial charge in [0.15, 0.2) is 5.82 Å². The predicted molar refractivity (Wildman–Crippen MR) is 255 cm³/mol. The third-order valence-electron chi connectivity index (χ3n) is 15.1. The first kappa shape index (κ1) is 35.6. The molecule has 2 heterocycles. The van der Waals surface area contributed by atoms with E-state index in [1.165, 1.54) is 118 Å². The lowest BCUT2D eigenvalue weighted by Crippen LogP contribution is -2.29. The summed E-state index contributed by atoms with van der Waals surface area (Å²) in [5.41, 5.74) is 20.4. The van der Waals surface area contributed by atoms with E-state index in [0.717, 1.165) is 33.9 Å². The summed E-state index contributed by atoms with van der Waals surface area (Å²) in [6.45, 7) is 0. The molecule has 0 atom stereocenters. The van der Waals surface area contributed by atoms with Gasteiger partial charge in [0.1, 0.15) is 0 Å². The van der Waals surface area contributed by atoms with Gasteiger partial charge in [0.25, 0.3) is 0 Å². The van der Waals surface area contributed by atoms with Crippen molar-refractivity contribution in [1.29, 1.82) is 0 Å². The van der Waals surface area contributed by atoms with Crippen LogP contribution in [0.2, 0.25) is 0 Å². The second-order valence-corrected chi connectivity index (χ2v) is 19.3. The van der Waals surface area contributed by atoms with Crippen LogP contribution in [-0.4, -0.2) is 9.97 Å². The fourth-order valence-electron chi connectivity index (χ4n) is 12.2. The molecule has 0 bridgehead atoms. The van der Waals surface area contributed by atoms with Crippen molar-refractivity contribution in [2.45, 2.75) is 75.0 Å². The molecule has 4 aliphatic carbocycles. The van der Waals surface area contributed by atoms with Gasteiger partial charge in [-0.2, -0.15) is 0 Å². The van der Waals surface area contributed by atoms with Crippen LogP contribution >= 0.6 is 11.3 Å². The molecule has 9 aromatic rings. The molecular weight excluding hydrogens is 757 g/mol. The molecule has 0 N–H and O–H groups in total. The van der Waals surface area contributed by atoms with Gasteiger partial charge in [-0.05, 0) is 118 Å². The van der Waals surface area contributed by atoms with Crippen molar-refractivity contribution in [3.63, 3.8) is 0 Å². The number of aromatic nitrogens is 2. The number of nitrogens with zero attached hydrogens (tertiary/aromatic N) is 2. The fourth-order valence-corrected chi connectivity index (χ4v) is 13.4. The van der Waals surface area contributed by atoms with Crippen LogP contribution in [0.3, 0.4) is 0 Å². The number of benzene rings is 7. The third-order valence-corrected chi connectivity index (χ3v) is 16.3. The smallest absolute Gasteiger partial charge is 0.160 e. The molecule has 2 fully saturated rings. The molecule has 294 valence electrons. The highest BCUT2D eigenvalue weighted by Gasteiger charge is 2.49. The van der Waals surface area contributed by atoms with Gasteiger partial charge in [-0.15, -0.1) is 11.3 Å². The van der Waals surface area contributed by atoms with Crippen LogP contribution in [0.1, 0.15) is 86.5 Å². The maximum atomic E-state index is 5.23. The first-order valence-electron chi connectivity index (χ1n) is 22.6. The number of rotatable bonds is 4. The second kappa shape index (κ2) is 13.7. The molecule has 0 radical (unpaired) electrons. The van der Waals surface area contributed by atoms with Crippen molar-refractivity contribution in [3.8, 4) is 67.3 Å². The van der Waals surface area contributed by atoms with Gasteiger partial charge < -0.3 is 0 Å². The minimum absolute atomic E-state index is 0.0774. The van der Waals surface area contributed by atoms with Gasteiger partial charge in [-0.3, -0.25) is 0 Å². The Hall–Kier alpha value is -6.16. The average molecular weight is 803 g/mol. The summed E-state index contributed by atoms with van der Waals surface area (Å²) in [7, 11) is 0. The highest BCUT2D eigenvalue weighted by Crippen LogP contribution is 2.62. The van der Waals surface area contributed by atoms with E-state index in [-0.39, 0.29) is 10.8 Å². The van der Waals surface area contributed by atoms with Crippen molar-refractivity contribution in [2.75, 3.05) is 0 Å². The molecule has 4 aliphatic rings. The zero-order valence-corrected chi connectivity index (χ0v) is 35.2. The van der Waals surface area contributed by atoms with E-state index in [1.54, 1.807) is 22.3 Å². The molecular formula is C58H46N2S. The number of hydrogen-bond acceptors (Lipinski definition) is 3. The largest absolute Gasteiger partial charge is 0.228 e. The highest BCUT2D eigenvalue weighted by molar-refractivity contribution is 7.26. The average Bonchev–Trinajstić information content (AvgIpc) is 3.92. The molecule has 0 amide bonds. The van der Waals surface area contributed by atoms with Gasteiger partial charge in [-0.1, -0.05) is 160 Å². The van der Waals surface area contributed by atoms with Gasteiger partial charge in [0.2, 0.25) is 0 Å². The molecule has 61 heavy (non-hydrogen) atoms. The highest BCUT2D eigenvalue weighted by atomic mass is 32.1. The van der Waals surface area contributed by atoms with Crippen LogP contribution in [0.4, 0.5) is 0 Å². The summed E-state index contributed by atoms with van der Waals surface area (Å²) in [4.78, 5) is 10.3. The van der Waals surface area contributed by atoms with E-state index in [0.29, 0.717) is 0 Å². The van der Waals surface area contributed by atoms with Gasteiger partial charge in [0.05, 0.1) is 11.4 Å². The molecule has 7 aromatic carbocycles. The molecule has 13 rings (SSSR count). The standard InChI is InChI=1S/C58H46N2S/c1-5-16-37(17-6-1)52-36-53(60-56(59-52)38-18-7-2-8-19-38)44-22-15-21-43-47-32-39(25-27-54(47)61-55(43)44)40-24-26-42-46-35-50-45(34-51(46)58(49(42)33-40)30-13-4-14-31-58)41-20-9-10-23-48(41)57(50)28-11-3-12-29-57/h1-2,5-10,15-27,32-36H,3-4,11-14,28-31H2. The van der Waals surface area contributed by atoms with Crippen LogP contribution in [0, 0.1) is 0 Å². The Balaban J connectivity index is 0.934. The van der Waals surface area contributed by atoms with Crippen molar-refractivity contribution in [2.24, 2.45) is 0 Å². The van der Waals surface area contributed by atoms with Crippen molar-refractivity contribution >= 4 is 31.5 Å². The predicted octanol–water partition coefficient (Wildman–Crippen LogP) is 16.0. The Bertz CT molecular complexity index is 3140. The Labute approximate surface area is 362 Å². The molecule has 3 heteroatoms. The molecule has 0 saturated heterocycles. The maximum absolute atomic E-state index is 5.23. The molecule has 2 saturated carbocycles. The maximum Gasteiger partial charge on any atom is 0.160 e. The lowest BCUT2D eigenvalue weighted by molar-refractivity contribution is 0.350. The Kier molecular flexibility index (Phi) is 7.98. The lowest BCUT2D eigenvalue weighted by atomic mass is 9.66. The van der Waals surface area contributed by atoms with Crippen LogP contribution in [-0.2, 0) is 10.8 Å². The SMILES string of the molecule is c1ccc(-c2cc(-c3cccc4c3sc3ccc(-c5ccc6c(c5)C5(CCCCC5)c5cc7c(cc5-6)C5(CCCCC5)c5ccccc5-7)cc34)nc(-c3ccccc3)n2)cc1. The summed E-state index contributed by atoms with van der Waals surface area (Å²) in [5, 5.41) is 2.59. The van der Waals surface area contributed by atoms with Gasteiger partial charge in [0, 0.05) is 47.7 Å². The van der Waals surface area contributed by atoms with E-state index in [2.05, 4.69) is 152 Å². The van der Waals surface area contributed by atoms with Crippen molar-refractivity contribution < 1.29 is 0 Å². The summed E-state index contributed by atoms with van der Waals surface area (Å²) in [6, 6.07) is 59.2. The summed E-state index contributed by atoms with van der Waals surface area (Å²) in [6.07, 6.45) is 13.0. The zero-order chi connectivity index (χ0) is 40.1. The van der Waals surface area contributed by atoms with Gasteiger partial charge in [-0.25, -0.2) is 9.97 Å². The monoisotopic (exact) mass is 802 g/mol. The van der Waals surface area contributed by atoms with Crippen LogP contribution in [0.15, 0.2) is 158 Å². The lowest BCUT2D eigenvalue weighted by Gasteiger charge is -2.37. The first-order valence-corrected chi connectivity index (χ1v) is 23.4. The number of hydrogen-bond donors (Lipinski definition) is 0. The summed E-state index contributed by atoms with van der Waals surface area (Å²) >= 11 is 1.87. The Morgan fingerprint density at radius 3 is 1.67 bits per heavy atom. The van der Waals surface area contributed by atoms with Crippen molar-refractivity contribution in [1.82, 2.24) is 9.97 Å². The Morgan fingerprint density at radius 1 is 0.361 bits per heavy atom. The van der Waals surface area contributed by atoms with Crippen molar-refractivity contribution in [3.05, 3.63) is 180 Å². The van der Waals surface area contributed by atoms with Crippen LogP contribution in [0.25, 0.3) is 87.5 Å². The molecule has 2 aromatic heterocycles.